The third kappa shape index (κ3) is 2.55. The van der Waals surface area contributed by atoms with Crippen molar-refractivity contribution in [3.63, 3.8) is 0 Å². The Morgan fingerprint density at radius 3 is 3.00 bits per heavy atom. The molecule has 7 nitrogen and oxygen atoms in total. The van der Waals surface area contributed by atoms with Gasteiger partial charge >= 0.3 is 0 Å². The Hall–Kier alpha value is -3.13. The molecule has 0 N–H and O–H groups in total. The van der Waals surface area contributed by atoms with Crippen molar-refractivity contribution < 1.29 is 9.47 Å². The van der Waals surface area contributed by atoms with Gasteiger partial charge in [-0.25, -0.2) is 4.99 Å². The summed E-state index contributed by atoms with van der Waals surface area (Å²) < 4.78 is 13.1. The molecule has 0 unspecified atom stereocenters. The molecule has 0 spiro atoms. The molecule has 2 aliphatic heterocycles. The van der Waals surface area contributed by atoms with Crippen LogP contribution in [0.25, 0.3) is 6.08 Å². The number of ether oxygens (including phenoxy) is 2. The lowest BCUT2D eigenvalue weighted by atomic mass is 10.2. The Labute approximate surface area is 152 Å². The first-order valence-corrected chi connectivity index (χ1v) is 8.90. The quantitative estimate of drug-likeness (QED) is 0.675. The Kier molecular flexibility index (Phi) is 3.49. The first-order valence-electron chi connectivity index (χ1n) is 8.08. The van der Waals surface area contributed by atoms with Crippen molar-refractivity contribution in [2.75, 3.05) is 18.4 Å². The van der Waals surface area contributed by atoms with Crippen LogP contribution in [0.1, 0.15) is 5.56 Å². The molecule has 2 aromatic heterocycles. The second kappa shape index (κ2) is 5.99. The van der Waals surface area contributed by atoms with Crippen molar-refractivity contribution in [1.29, 1.82) is 0 Å². The summed E-state index contributed by atoms with van der Waals surface area (Å²) in [6, 6.07) is 9.52. The van der Waals surface area contributed by atoms with Gasteiger partial charge in [0.25, 0.3) is 5.56 Å². The van der Waals surface area contributed by atoms with E-state index < -0.39 is 0 Å². The molecule has 0 saturated heterocycles. The minimum Gasteiger partial charge on any atom is -0.454 e. The summed E-state index contributed by atoms with van der Waals surface area (Å²) in [6.45, 7) is 1.19. The number of fused-ring (bicyclic) bond motifs is 2. The van der Waals surface area contributed by atoms with E-state index >= 15 is 0 Å². The van der Waals surface area contributed by atoms with Crippen LogP contribution in [0.4, 0.5) is 5.69 Å². The summed E-state index contributed by atoms with van der Waals surface area (Å²) in [5.74, 6) is 1.46. The summed E-state index contributed by atoms with van der Waals surface area (Å²) >= 11 is 1.40. The van der Waals surface area contributed by atoms with Gasteiger partial charge in [-0.1, -0.05) is 17.4 Å². The van der Waals surface area contributed by atoms with Crippen molar-refractivity contribution in [1.82, 2.24) is 9.55 Å². The zero-order chi connectivity index (χ0) is 17.5. The highest BCUT2D eigenvalue weighted by Gasteiger charge is 2.19. The Morgan fingerprint density at radius 1 is 1.19 bits per heavy atom. The van der Waals surface area contributed by atoms with Crippen molar-refractivity contribution >= 4 is 23.1 Å². The molecule has 26 heavy (non-hydrogen) atoms. The fourth-order valence-corrected chi connectivity index (χ4v) is 3.93. The normalized spacial score (nSPS) is 15.7. The van der Waals surface area contributed by atoms with E-state index in [2.05, 4.69) is 9.98 Å². The molecule has 130 valence electrons. The molecule has 3 aromatic rings. The van der Waals surface area contributed by atoms with Crippen molar-refractivity contribution in [3.8, 4) is 11.5 Å². The van der Waals surface area contributed by atoms with Crippen LogP contribution in [0.5, 0.6) is 11.5 Å². The number of aromatic nitrogens is 2. The van der Waals surface area contributed by atoms with E-state index in [1.807, 2.05) is 41.3 Å². The van der Waals surface area contributed by atoms with E-state index in [4.69, 9.17) is 9.47 Å². The van der Waals surface area contributed by atoms with Crippen LogP contribution in [0.2, 0.25) is 0 Å². The van der Waals surface area contributed by atoms with Gasteiger partial charge in [-0.05, 0) is 29.8 Å². The Morgan fingerprint density at radius 2 is 2.12 bits per heavy atom. The van der Waals surface area contributed by atoms with Crippen LogP contribution >= 0.6 is 11.3 Å². The first-order chi connectivity index (χ1) is 12.8. The minimum atomic E-state index is -0.0388. The molecular weight excluding hydrogens is 352 g/mol. The number of hydrogen-bond acceptors (Lipinski definition) is 7. The number of anilines is 1. The molecule has 4 heterocycles. The van der Waals surface area contributed by atoms with Crippen LogP contribution in [0.3, 0.4) is 0 Å². The van der Waals surface area contributed by atoms with Gasteiger partial charge in [0.2, 0.25) is 6.79 Å². The standard InChI is InChI=1S/C18H14N4O3S/c23-17-16(6-12-2-1-5-19-8-12)26-18-20-9-21(10-22(17)18)13-3-4-14-15(7-13)25-11-24-14/h1-8H,9-11H2/b16-6+. The van der Waals surface area contributed by atoms with Gasteiger partial charge < -0.3 is 14.4 Å². The summed E-state index contributed by atoms with van der Waals surface area (Å²) in [4.78, 5) is 24.2. The average Bonchev–Trinajstić information content (AvgIpc) is 3.27. The van der Waals surface area contributed by atoms with Crippen molar-refractivity contribution in [2.24, 2.45) is 4.99 Å². The molecule has 5 rings (SSSR count). The minimum absolute atomic E-state index is 0.0388. The van der Waals surface area contributed by atoms with E-state index in [0.717, 1.165) is 27.6 Å². The van der Waals surface area contributed by atoms with Gasteiger partial charge in [0.1, 0.15) is 13.3 Å². The van der Waals surface area contributed by atoms with Crippen molar-refractivity contribution in [2.45, 2.75) is 6.67 Å². The van der Waals surface area contributed by atoms with Crippen molar-refractivity contribution in [3.05, 3.63) is 68.0 Å². The predicted octanol–water partition coefficient (Wildman–Crippen LogP) is 0.917. The van der Waals surface area contributed by atoms with Crippen LogP contribution in [-0.2, 0) is 6.67 Å². The fraction of sp³-hybridized carbons (Fsp3) is 0.167. The van der Waals surface area contributed by atoms with Crippen LogP contribution < -0.4 is 29.3 Å². The number of rotatable bonds is 2. The second-order valence-electron chi connectivity index (χ2n) is 5.93. The monoisotopic (exact) mass is 366 g/mol. The van der Waals surface area contributed by atoms with Gasteiger partial charge in [-0.2, -0.15) is 0 Å². The van der Waals surface area contributed by atoms with Gasteiger partial charge in [0.15, 0.2) is 16.3 Å². The molecular formula is C18H14N4O3S. The number of benzene rings is 1. The summed E-state index contributed by atoms with van der Waals surface area (Å²) in [5, 5.41) is 0. The van der Waals surface area contributed by atoms with Gasteiger partial charge in [-0.15, -0.1) is 0 Å². The molecule has 0 bridgehead atoms. The number of hydrogen-bond donors (Lipinski definition) is 0. The van der Waals surface area contributed by atoms with Crippen LogP contribution in [0, 0.1) is 0 Å². The largest absolute Gasteiger partial charge is 0.454 e. The third-order valence-corrected chi connectivity index (χ3v) is 5.32. The van der Waals surface area contributed by atoms with E-state index in [9.17, 15) is 4.79 Å². The summed E-state index contributed by atoms with van der Waals surface area (Å²) in [7, 11) is 0. The molecule has 0 amide bonds. The maximum absolute atomic E-state index is 12.8. The molecule has 0 fully saturated rings. The van der Waals surface area contributed by atoms with E-state index in [1.165, 1.54) is 11.3 Å². The van der Waals surface area contributed by atoms with E-state index in [0.29, 0.717) is 17.9 Å². The molecule has 1 aromatic carbocycles. The van der Waals surface area contributed by atoms with Gasteiger partial charge in [0.05, 0.1) is 4.53 Å². The van der Waals surface area contributed by atoms with E-state index in [1.54, 1.807) is 17.0 Å². The Bertz CT molecular complexity index is 1150. The lowest BCUT2D eigenvalue weighted by Gasteiger charge is -2.25. The molecule has 0 aliphatic carbocycles. The Balaban J connectivity index is 1.50. The lowest BCUT2D eigenvalue weighted by molar-refractivity contribution is 0.174. The smallest absolute Gasteiger partial charge is 0.271 e. The SMILES string of the molecule is O=c1/c(=C\c2cccnc2)sc2n1CN(c1ccc3c(c1)OCO3)CN=2. The number of nitrogens with zero attached hydrogens (tertiary/aromatic N) is 4. The highest BCUT2D eigenvalue weighted by molar-refractivity contribution is 7.07. The number of thiazole rings is 1. The molecule has 0 saturated carbocycles. The molecule has 0 atom stereocenters. The van der Waals surface area contributed by atoms with Crippen LogP contribution in [-0.4, -0.2) is 23.0 Å². The zero-order valence-corrected chi connectivity index (χ0v) is 14.5. The average molecular weight is 366 g/mol. The molecule has 0 radical (unpaired) electrons. The summed E-state index contributed by atoms with van der Waals surface area (Å²) in [5.41, 5.74) is 1.80. The summed E-state index contributed by atoms with van der Waals surface area (Å²) in [6.07, 6.45) is 5.30. The highest BCUT2D eigenvalue weighted by atomic mass is 32.1. The van der Waals surface area contributed by atoms with Crippen LogP contribution in [0.15, 0.2) is 52.5 Å². The molecule has 2 aliphatic rings. The second-order valence-corrected chi connectivity index (χ2v) is 6.94. The first kappa shape index (κ1) is 15.2. The highest BCUT2D eigenvalue weighted by Crippen LogP contribution is 2.35. The fourth-order valence-electron chi connectivity index (χ4n) is 2.97. The van der Waals surface area contributed by atoms with Gasteiger partial charge in [0, 0.05) is 24.1 Å². The maximum Gasteiger partial charge on any atom is 0.271 e. The van der Waals surface area contributed by atoms with E-state index in [-0.39, 0.29) is 12.4 Å². The molecule has 8 heteroatoms. The lowest BCUT2D eigenvalue weighted by Crippen LogP contribution is -2.42. The maximum atomic E-state index is 12.8. The van der Waals surface area contributed by atoms with Gasteiger partial charge in [-0.3, -0.25) is 14.3 Å². The number of pyridine rings is 1. The predicted molar refractivity (Wildman–Crippen MR) is 97.1 cm³/mol. The third-order valence-electron chi connectivity index (χ3n) is 4.28. The topological polar surface area (TPSA) is 69.0 Å². The zero-order valence-electron chi connectivity index (χ0n) is 13.7.